The number of alkyl halides is 3. The Morgan fingerprint density at radius 3 is 2.56 bits per heavy atom. The van der Waals surface area contributed by atoms with Crippen LogP contribution in [0.2, 0.25) is 0 Å². The van der Waals surface area contributed by atoms with Crippen LogP contribution in [0.25, 0.3) is 0 Å². The Kier molecular flexibility index (Phi) is 7.36. The van der Waals surface area contributed by atoms with Crippen LogP contribution < -0.4 is 14.8 Å². The number of nitrogens with zero attached hydrogens (tertiary/aromatic N) is 3. The fourth-order valence-corrected chi connectivity index (χ4v) is 3.73. The number of nitrogens with one attached hydrogen (secondary N) is 1. The van der Waals surface area contributed by atoms with Crippen molar-refractivity contribution in [2.24, 2.45) is 5.92 Å². The van der Waals surface area contributed by atoms with E-state index in [9.17, 15) is 22.8 Å². The fraction of sp³-hybridized carbons (Fsp3) is 0.348. The lowest BCUT2D eigenvalue weighted by atomic mass is 9.87. The van der Waals surface area contributed by atoms with Gasteiger partial charge < -0.3 is 24.3 Å². The Morgan fingerprint density at radius 1 is 1.11 bits per heavy atom. The first kappa shape index (κ1) is 24.9. The molecule has 0 radical (unpaired) electrons. The van der Waals surface area contributed by atoms with Crippen LogP contribution >= 0.6 is 0 Å². The third kappa shape index (κ3) is 6.93. The van der Waals surface area contributed by atoms with Crippen molar-refractivity contribution in [1.29, 1.82) is 0 Å². The highest BCUT2D eigenvalue weighted by atomic mass is 19.4. The number of carbonyl (C=O) groups excluding carboxylic acids is 1. The highest BCUT2D eigenvalue weighted by Crippen LogP contribution is 2.28. The van der Waals surface area contributed by atoms with Gasteiger partial charge in [0.2, 0.25) is 11.7 Å². The van der Waals surface area contributed by atoms with Gasteiger partial charge in [-0.3, -0.25) is 9.59 Å². The van der Waals surface area contributed by atoms with Crippen molar-refractivity contribution in [3.63, 3.8) is 0 Å². The molecular formula is C23H21F3N4O6. The van der Waals surface area contributed by atoms with E-state index in [-0.39, 0.29) is 36.0 Å². The van der Waals surface area contributed by atoms with E-state index in [1.54, 1.807) is 12.1 Å². The number of carbonyl (C=O) groups is 2. The third-order valence-corrected chi connectivity index (χ3v) is 5.46. The first-order valence-corrected chi connectivity index (χ1v) is 11.0. The number of benzene rings is 1. The zero-order valence-corrected chi connectivity index (χ0v) is 18.7. The molecule has 0 aliphatic heterocycles. The van der Waals surface area contributed by atoms with Gasteiger partial charge in [0.25, 0.3) is 5.89 Å². The van der Waals surface area contributed by atoms with Crippen LogP contribution in [0.1, 0.15) is 41.9 Å². The second-order valence-electron chi connectivity index (χ2n) is 8.15. The quantitative estimate of drug-likeness (QED) is 0.398. The Balaban J connectivity index is 1.29. The van der Waals surface area contributed by atoms with Gasteiger partial charge in [-0.15, -0.1) is 18.3 Å². The standard InChI is InChI=1S/C23H21F3N4O6/c24-23(25,26)36-17-3-1-2-15(11-17)28-22-30-29-20(35-22)18(31)10-13-4-9-19(27-12-13)34-16-7-5-14(6-8-16)21(32)33/h1-4,9,11-12,14,16H,5-8,10H2,(H,28,30)(H,32,33). The van der Waals surface area contributed by atoms with Gasteiger partial charge in [-0.1, -0.05) is 17.2 Å². The molecule has 3 aromatic rings. The number of rotatable bonds is 9. The van der Waals surface area contributed by atoms with Crippen molar-refractivity contribution >= 4 is 23.5 Å². The molecule has 0 saturated heterocycles. The molecule has 1 fully saturated rings. The average molecular weight is 506 g/mol. The van der Waals surface area contributed by atoms with E-state index in [2.05, 4.69) is 25.2 Å². The van der Waals surface area contributed by atoms with E-state index in [1.165, 1.54) is 18.3 Å². The number of ether oxygens (including phenoxy) is 2. The molecule has 2 heterocycles. The zero-order valence-electron chi connectivity index (χ0n) is 18.7. The normalized spacial score (nSPS) is 17.9. The van der Waals surface area contributed by atoms with Gasteiger partial charge in [-0.05, 0) is 43.4 Å². The fourth-order valence-electron chi connectivity index (χ4n) is 3.73. The number of carboxylic acid groups (broad SMARTS) is 1. The Hall–Kier alpha value is -4.16. The molecule has 13 heteroatoms. The number of ketones is 1. The Morgan fingerprint density at radius 2 is 1.89 bits per heavy atom. The van der Waals surface area contributed by atoms with Gasteiger partial charge in [-0.2, -0.15) is 0 Å². The number of pyridine rings is 1. The number of carboxylic acids is 1. The van der Waals surface area contributed by atoms with Crippen molar-refractivity contribution in [3.8, 4) is 11.6 Å². The third-order valence-electron chi connectivity index (χ3n) is 5.46. The lowest BCUT2D eigenvalue weighted by Crippen LogP contribution is -2.28. The van der Waals surface area contributed by atoms with Crippen molar-refractivity contribution in [2.75, 3.05) is 5.32 Å². The summed E-state index contributed by atoms with van der Waals surface area (Å²) < 4.78 is 52.1. The molecule has 10 nitrogen and oxygen atoms in total. The second kappa shape index (κ2) is 10.6. The van der Waals surface area contributed by atoms with Crippen LogP contribution in [-0.2, 0) is 11.2 Å². The molecule has 2 aromatic heterocycles. The molecule has 2 N–H and O–H groups in total. The van der Waals surface area contributed by atoms with Gasteiger partial charge in [0, 0.05) is 30.4 Å². The van der Waals surface area contributed by atoms with E-state index < -0.39 is 23.9 Å². The summed E-state index contributed by atoms with van der Waals surface area (Å²) in [6.07, 6.45) is -1.15. The molecule has 4 rings (SSSR count). The zero-order chi connectivity index (χ0) is 25.7. The monoisotopic (exact) mass is 506 g/mol. The number of hydrogen-bond acceptors (Lipinski definition) is 9. The second-order valence-corrected chi connectivity index (χ2v) is 8.15. The summed E-state index contributed by atoms with van der Waals surface area (Å²) in [5, 5.41) is 19.1. The summed E-state index contributed by atoms with van der Waals surface area (Å²) in [5.41, 5.74) is 0.766. The van der Waals surface area contributed by atoms with Crippen LogP contribution in [0.4, 0.5) is 24.9 Å². The minimum Gasteiger partial charge on any atom is -0.481 e. The molecule has 1 aromatic carbocycles. The van der Waals surface area contributed by atoms with E-state index in [1.807, 2.05) is 0 Å². The van der Waals surface area contributed by atoms with Crippen molar-refractivity contribution in [3.05, 3.63) is 54.0 Å². The molecule has 0 unspecified atom stereocenters. The van der Waals surface area contributed by atoms with Crippen molar-refractivity contribution in [1.82, 2.24) is 15.2 Å². The number of aliphatic carboxylic acids is 1. The summed E-state index contributed by atoms with van der Waals surface area (Å²) in [5.74, 6) is -1.93. The minimum atomic E-state index is -4.83. The largest absolute Gasteiger partial charge is 0.573 e. The van der Waals surface area contributed by atoms with E-state index in [0.29, 0.717) is 37.1 Å². The Bertz CT molecular complexity index is 1210. The number of Topliss-reactive ketones (excluding diaryl/α,β-unsaturated/α-hetero) is 1. The van der Waals surface area contributed by atoms with E-state index in [0.717, 1.165) is 12.1 Å². The highest BCUT2D eigenvalue weighted by Gasteiger charge is 2.31. The number of halogens is 3. The summed E-state index contributed by atoms with van der Waals surface area (Å²) in [4.78, 5) is 27.8. The van der Waals surface area contributed by atoms with Gasteiger partial charge >= 0.3 is 18.3 Å². The lowest BCUT2D eigenvalue weighted by Gasteiger charge is -2.26. The Labute approximate surface area is 202 Å². The van der Waals surface area contributed by atoms with Crippen molar-refractivity contribution < 1.29 is 41.8 Å². The summed E-state index contributed by atoms with van der Waals surface area (Å²) in [6, 6.07) is 8.15. The predicted octanol–water partition coefficient (Wildman–Crippen LogP) is 4.55. The van der Waals surface area contributed by atoms with Gasteiger partial charge in [0.1, 0.15) is 11.9 Å². The summed E-state index contributed by atoms with van der Waals surface area (Å²) in [6.45, 7) is 0. The summed E-state index contributed by atoms with van der Waals surface area (Å²) >= 11 is 0. The molecule has 0 atom stereocenters. The molecular weight excluding hydrogens is 485 g/mol. The van der Waals surface area contributed by atoms with Gasteiger partial charge in [-0.25, -0.2) is 4.98 Å². The lowest BCUT2D eigenvalue weighted by molar-refractivity contribution is -0.274. The number of hydrogen-bond donors (Lipinski definition) is 2. The molecule has 1 aliphatic carbocycles. The number of aromatic nitrogens is 3. The SMILES string of the molecule is O=C(Cc1ccc(OC2CCC(C(=O)O)CC2)nc1)c1nnc(Nc2cccc(OC(F)(F)F)c2)o1. The number of anilines is 2. The maximum atomic E-state index is 12.5. The maximum absolute atomic E-state index is 12.5. The predicted molar refractivity (Wildman–Crippen MR) is 117 cm³/mol. The topological polar surface area (TPSA) is 137 Å². The highest BCUT2D eigenvalue weighted by molar-refractivity contribution is 5.93. The van der Waals surface area contributed by atoms with Crippen LogP contribution in [-0.4, -0.2) is 44.5 Å². The molecule has 0 amide bonds. The van der Waals surface area contributed by atoms with Crippen LogP contribution in [0.3, 0.4) is 0 Å². The molecule has 1 aliphatic rings. The first-order chi connectivity index (χ1) is 17.1. The van der Waals surface area contributed by atoms with E-state index in [4.69, 9.17) is 14.3 Å². The smallest absolute Gasteiger partial charge is 0.481 e. The van der Waals surface area contributed by atoms with Gasteiger partial charge in [0.05, 0.1) is 5.92 Å². The summed E-state index contributed by atoms with van der Waals surface area (Å²) in [7, 11) is 0. The molecule has 190 valence electrons. The van der Waals surface area contributed by atoms with Gasteiger partial charge in [0.15, 0.2) is 0 Å². The molecule has 1 saturated carbocycles. The average Bonchev–Trinajstić information content (AvgIpc) is 3.28. The first-order valence-electron chi connectivity index (χ1n) is 11.0. The molecule has 0 spiro atoms. The van der Waals surface area contributed by atoms with Crippen LogP contribution in [0.15, 0.2) is 47.0 Å². The minimum absolute atomic E-state index is 0.0759. The van der Waals surface area contributed by atoms with E-state index >= 15 is 0 Å². The molecule has 0 bridgehead atoms. The van der Waals surface area contributed by atoms with Crippen LogP contribution in [0, 0.1) is 5.92 Å². The van der Waals surface area contributed by atoms with Crippen molar-refractivity contribution in [2.45, 2.75) is 44.6 Å². The van der Waals surface area contributed by atoms with Crippen LogP contribution in [0.5, 0.6) is 11.6 Å². The molecule has 36 heavy (non-hydrogen) atoms. The maximum Gasteiger partial charge on any atom is 0.573 e.